The summed E-state index contributed by atoms with van der Waals surface area (Å²) >= 11 is 0. The molecule has 1 unspecified atom stereocenters. The molecule has 0 fully saturated rings. The molecule has 1 radical (unpaired) electrons. The van der Waals surface area contributed by atoms with E-state index in [4.69, 9.17) is 10.8 Å². The average molecular weight is 164 g/mol. The standard InChI is InChI=1S/C9H10NO2/c10-5-7-3-1-2-4-8(7)9(12)6-11/h1-4,9,12H,5,10H2. The van der Waals surface area contributed by atoms with E-state index in [0.29, 0.717) is 12.1 Å². The van der Waals surface area contributed by atoms with Gasteiger partial charge in [-0.25, -0.2) is 0 Å². The zero-order valence-corrected chi connectivity index (χ0v) is 6.53. The minimum absolute atomic E-state index is 0.314. The van der Waals surface area contributed by atoms with Gasteiger partial charge < -0.3 is 10.8 Å². The lowest BCUT2D eigenvalue weighted by Crippen LogP contribution is -2.06. The lowest BCUT2D eigenvalue weighted by atomic mass is 10.0. The van der Waals surface area contributed by atoms with Crippen LogP contribution in [0.25, 0.3) is 0 Å². The zero-order valence-electron chi connectivity index (χ0n) is 6.53. The van der Waals surface area contributed by atoms with Gasteiger partial charge in [0.05, 0.1) is 0 Å². The quantitative estimate of drug-likeness (QED) is 0.674. The molecule has 0 spiro atoms. The Labute approximate surface area is 70.8 Å². The van der Waals surface area contributed by atoms with Gasteiger partial charge in [-0.05, 0) is 11.1 Å². The Morgan fingerprint density at radius 2 is 2.17 bits per heavy atom. The number of aliphatic hydroxyl groups is 1. The number of hydrogen-bond acceptors (Lipinski definition) is 3. The van der Waals surface area contributed by atoms with Crippen LogP contribution >= 0.6 is 0 Å². The van der Waals surface area contributed by atoms with Gasteiger partial charge in [-0.3, -0.25) is 4.79 Å². The minimum atomic E-state index is -1.18. The predicted octanol–water partition coefficient (Wildman–Crippen LogP) is 0.288. The third kappa shape index (κ3) is 1.69. The zero-order chi connectivity index (χ0) is 8.97. The van der Waals surface area contributed by atoms with Crippen molar-refractivity contribution in [2.24, 2.45) is 5.73 Å². The van der Waals surface area contributed by atoms with E-state index < -0.39 is 6.10 Å². The second kappa shape index (κ2) is 3.99. The molecular formula is C9H10NO2. The third-order valence-corrected chi connectivity index (χ3v) is 1.68. The molecule has 0 bridgehead atoms. The summed E-state index contributed by atoms with van der Waals surface area (Å²) in [6, 6.07) is 6.99. The molecule has 0 aliphatic heterocycles. The smallest absolute Gasteiger partial charge is 0.234 e. The number of aliphatic hydroxyl groups excluding tert-OH is 1. The Bertz CT molecular complexity index is 273. The van der Waals surface area contributed by atoms with E-state index in [1.807, 2.05) is 6.07 Å². The highest BCUT2D eigenvalue weighted by Crippen LogP contribution is 2.15. The maximum atomic E-state index is 10.2. The molecule has 1 aromatic rings. The molecule has 0 aliphatic carbocycles. The first-order chi connectivity index (χ1) is 5.79. The fraction of sp³-hybridized carbons (Fsp3) is 0.222. The number of nitrogens with two attached hydrogens (primary N) is 1. The Morgan fingerprint density at radius 1 is 1.50 bits per heavy atom. The van der Waals surface area contributed by atoms with Crippen molar-refractivity contribution in [1.82, 2.24) is 0 Å². The van der Waals surface area contributed by atoms with Crippen LogP contribution < -0.4 is 5.73 Å². The van der Waals surface area contributed by atoms with E-state index >= 15 is 0 Å². The van der Waals surface area contributed by atoms with Crippen molar-refractivity contribution in [2.75, 3.05) is 0 Å². The Balaban J connectivity index is 3.04. The maximum absolute atomic E-state index is 10.2. The molecule has 3 nitrogen and oxygen atoms in total. The molecule has 0 aromatic heterocycles. The fourth-order valence-electron chi connectivity index (χ4n) is 1.05. The van der Waals surface area contributed by atoms with Crippen LogP contribution in [-0.2, 0) is 11.3 Å². The molecule has 0 aliphatic rings. The molecule has 12 heavy (non-hydrogen) atoms. The Kier molecular flexibility index (Phi) is 2.96. The van der Waals surface area contributed by atoms with Crippen molar-refractivity contribution in [2.45, 2.75) is 12.6 Å². The lowest BCUT2D eigenvalue weighted by molar-refractivity contribution is 0.239. The number of carbonyl (C=O) groups excluding carboxylic acids is 1. The molecule has 1 rings (SSSR count). The highest BCUT2D eigenvalue weighted by atomic mass is 16.3. The Hall–Kier alpha value is -1.19. The van der Waals surface area contributed by atoms with Crippen LogP contribution in [-0.4, -0.2) is 11.4 Å². The van der Waals surface area contributed by atoms with Crippen LogP contribution in [0.4, 0.5) is 0 Å². The topological polar surface area (TPSA) is 63.3 Å². The first-order valence-corrected chi connectivity index (χ1v) is 3.63. The van der Waals surface area contributed by atoms with Crippen LogP contribution in [0.1, 0.15) is 17.2 Å². The van der Waals surface area contributed by atoms with Crippen molar-refractivity contribution in [3.05, 3.63) is 35.4 Å². The third-order valence-electron chi connectivity index (χ3n) is 1.68. The SMILES string of the molecule is NCc1ccccc1C(O)[C]=O. The van der Waals surface area contributed by atoms with Gasteiger partial charge in [-0.2, -0.15) is 0 Å². The average Bonchev–Trinajstić information content (AvgIpc) is 2.16. The van der Waals surface area contributed by atoms with Crippen molar-refractivity contribution in [1.29, 1.82) is 0 Å². The van der Waals surface area contributed by atoms with Gasteiger partial charge in [-0.15, -0.1) is 0 Å². The van der Waals surface area contributed by atoms with Crippen molar-refractivity contribution in [3.8, 4) is 0 Å². The monoisotopic (exact) mass is 164 g/mol. The highest BCUT2D eigenvalue weighted by molar-refractivity contribution is 5.61. The van der Waals surface area contributed by atoms with Gasteiger partial charge in [0.2, 0.25) is 6.29 Å². The van der Waals surface area contributed by atoms with E-state index in [9.17, 15) is 4.79 Å². The molecule has 0 heterocycles. The van der Waals surface area contributed by atoms with Crippen molar-refractivity contribution < 1.29 is 9.90 Å². The first kappa shape index (κ1) is 8.90. The van der Waals surface area contributed by atoms with E-state index in [-0.39, 0.29) is 0 Å². The van der Waals surface area contributed by atoms with Crippen LogP contribution in [0.5, 0.6) is 0 Å². The summed E-state index contributed by atoms with van der Waals surface area (Å²) in [5.74, 6) is 0. The van der Waals surface area contributed by atoms with Gasteiger partial charge in [0.1, 0.15) is 6.10 Å². The number of rotatable bonds is 3. The normalized spacial score (nSPS) is 12.5. The van der Waals surface area contributed by atoms with Gasteiger partial charge in [0.15, 0.2) is 0 Å². The maximum Gasteiger partial charge on any atom is 0.234 e. The van der Waals surface area contributed by atoms with Crippen LogP contribution in [0, 0.1) is 0 Å². The van der Waals surface area contributed by atoms with Crippen molar-refractivity contribution in [3.63, 3.8) is 0 Å². The summed E-state index contributed by atoms with van der Waals surface area (Å²) in [5.41, 5.74) is 6.71. The molecule has 63 valence electrons. The molecule has 1 atom stereocenters. The van der Waals surface area contributed by atoms with E-state index in [1.54, 1.807) is 18.2 Å². The van der Waals surface area contributed by atoms with Gasteiger partial charge in [-0.1, -0.05) is 24.3 Å². The van der Waals surface area contributed by atoms with Gasteiger partial charge in [0.25, 0.3) is 0 Å². The molecule has 0 saturated carbocycles. The summed E-state index contributed by atoms with van der Waals surface area (Å²) in [6.45, 7) is 0.314. The largest absolute Gasteiger partial charge is 0.380 e. The first-order valence-electron chi connectivity index (χ1n) is 3.63. The van der Waals surface area contributed by atoms with Crippen LogP contribution in [0.3, 0.4) is 0 Å². The Morgan fingerprint density at radius 3 is 2.75 bits per heavy atom. The summed E-state index contributed by atoms with van der Waals surface area (Å²) in [7, 11) is 0. The molecular weight excluding hydrogens is 154 g/mol. The molecule has 0 saturated heterocycles. The minimum Gasteiger partial charge on any atom is -0.380 e. The second-order valence-corrected chi connectivity index (χ2v) is 2.42. The van der Waals surface area contributed by atoms with E-state index in [1.165, 1.54) is 6.29 Å². The van der Waals surface area contributed by atoms with E-state index in [0.717, 1.165) is 5.56 Å². The molecule has 0 amide bonds. The number of benzene rings is 1. The molecule has 3 heteroatoms. The summed E-state index contributed by atoms with van der Waals surface area (Å²) in [4.78, 5) is 10.2. The summed E-state index contributed by atoms with van der Waals surface area (Å²) < 4.78 is 0. The van der Waals surface area contributed by atoms with Crippen molar-refractivity contribution >= 4 is 6.29 Å². The lowest BCUT2D eigenvalue weighted by Gasteiger charge is -2.07. The fourth-order valence-corrected chi connectivity index (χ4v) is 1.05. The van der Waals surface area contributed by atoms with Crippen LogP contribution in [0.2, 0.25) is 0 Å². The predicted molar refractivity (Wildman–Crippen MR) is 45.0 cm³/mol. The second-order valence-electron chi connectivity index (χ2n) is 2.42. The highest BCUT2D eigenvalue weighted by Gasteiger charge is 2.09. The number of hydrogen-bond donors (Lipinski definition) is 2. The van der Waals surface area contributed by atoms with Gasteiger partial charge >= 0.3 is 0 Å². The van der Waals surface area contributed by atoms with Gasteiger partial charge in [0, 0.05) is 6.54 Å². The van der Waals surface area contributed by atoms with Crippen LogP contribution in [0.15, 0.2) is 24.3 Å². The molecule has 3 N–H and O–H groups in total. The summed E-state index contributed by atoms with van der Waals surface area (Å²) in [6.07, 6.45) is 0.330. The van der Waals surface area contributed by atoms with E-state index in [2.05, 4.69) is 0 Å². The summed E-state index contributed by atoms with van der Waals surface area (Å²) in [5, 5.41) is 9.16. The molecule has 1 aromatic carbocycles.